The molecule has 4 rings (SSSR count). The number of aromatic nitrogens is 4. The fourth-order valence-electron chi connectivity index (χ4n) is 3.21. The fraction of sp³-hybridized carbons (Fsp3) is 0.333. The zero-order chi connectivity index (χ0) is 17.4. The summed E-state index contributed by atoms with van der Waals surface area (Å²) in [6.45, 7) is 1.17. The highest BCUT2D eigenvalue weighted by atomic mass is 32.2. The molecule has 0 amide bonds. The molecular formula is C15H15N7O2S. The van der Waals surface area contributed by atoms with E-state index in [-0.39, 0.29) is 6.04 Å². The number of hydrogen-bond donors (Lipinski definition) is 2. The molecule has 0 saturated carbocycles. The van der Waals surface area contributed by atoms with E-state index in [4.69, 9.17) is 5.26 Å². The zero-order valence-electron chi connectivity index (χ0n) is 13.2. The summed E-state index contributed by atoms with van der Waals surface area (Å²) < 4.78 is 26.2. The van der Waals surface area contributed by atoms with Crippen LogP contribution in [0.25, 0.3) is 21.9 Å². The van der Waals surface area contributed by atoms with E-state index in [1.807, 2.05) is 11.0 Å². The van der Waals surface area contributed by atoms with Crippen LogP contribution in [0.5, 0.6) is 0 Å². The number of aromatic amines is 1. The van der Waals surface area contributed by atoms with Crippen molar-refractivity contribution in [3.63, 3.8) is 0 Å². The topological polar surface area (TPSA) is 128 Å². The van der Waals surface area contributed by atoms with Crippen molar-refractivity contribution in [3.8, 4) is 6.07 Å². The van der Waals surface area contributed by atoms with Crippen molar-refractivity contribution in [2.45, 2.75) is 12.5 Å². The number of nitrogens with zero attached hydrogens (tertiary/aromatic N) is 5. The van der Waals surface area contributed by atoms with Crippen molar-refractivity contribution in [2.24, 2.45) is 0 Å². The number of rotatable bonds is 4. The third kappa shape index (κ3) is 2.88. The highest BCUT2D eigenvalue weighted by Crippen LogP contribution is 2.31. The first-order valence-electron chi connectivity index (χ1n) is 7.76. The van der Waals surface area contributed by atoms with Crippen molar-refractivity contribution in [3.05, 3.63) is 24.8 Å². The zero-order valence-corrected chi connectivity index (χ0v) is 14.0. The lowest BCUT2D eigenvalue weighted by atomic mass is 10.2. The molecule has 1 aliphatic heterocycles. The van der Waals surface area contributed by atoms with Gasteiger partial charge in [-0.05, 0) is 12.5 Å². The molecule has 1 saturated heterocycles. The van der Waals surface area contributed by atoms with Crippen molar-refractivity contribution in [1.82, 2.24) is 24.7 Å². The van der Waals surface area contributed by atoms with Crippen LogP contribution < -0.4 is 9.62 Å². The van der Waals surface area contributed by atoms with Gasteiger partial charge in [-0.1, -0.05) is 0 Å². The Hall–Kier alpha value is -2.77. The predicted molar refractivity (Wildman–Crippen MR) is 92.3 cm³/mol. The minimum Gasteiger partial charge on any atom is -0.354 e. The highest BCUT2D eigenvalue weighted by molar-refractivity contribution is 7.89. The number of fused-ring (bicyclic) bond motifs is 3. The Morgan fingerprint density at radius 3 is 3.12 bits per heavy atom. The highest BCUT2D eigenvalue weighted by Gasteiger charge is 2.28. The first-order valence-corrected chi connectivity index (χ1v) is 9.41. The molecule has 0 radical (unpaired) electrons. The molecule has 1 fully saturated rings. The smallest absolute Gasteiger partial charge is 0.225 e. The van der Waals surface area contributed by atoms with Gasteiger partial charge in [0, 0.05) is 30.7 Å². The van der Waals surface area contributed by atoms with Crippen LogP contribution >= 0.6 is 0 Å². The molecule has 25 heavy (non-hydrogen) atoms. The van der Waals surface area contributed by atoms with E-state index in [0.717, 1.165) is 22.1 Å². The Labute approximate surface area is 143 Å². The summed E-state index contributed by atoms with van der Waals surface area (Å²) in [5.74, 6) is 0.243. The van der Waals surface area contributed by atoms with Crippen LogP contribution in [0.2, 0.25) is 0 Å². The Morgan fingerprint density at radius 1 is 1.40 bits per heavy atom. The molecule has 1 aliphatic rings. The lowest BCUT2D eigenvalue weighted by Crippen LogP contribution is -2.38. The SMILES string of the molecule is N#CCS(=O)(=O)NC1CCN(c2nc[nH]c3cnc4nccc4c23)C1. The van der Waals surface area contributed by atoms with Crippen LogP contribution in [-0.4, -0.2) is 53.2 Å². The van der Waals surface area contributed by atoms with E-state index >= 15 is 0 Å². The number of H-pyrrole nitrogens is 1. The second-order valence-corrected chi connectivity index (χ2v) is 7.68. The summed E-state index contributed by atoms with van der Waals surface area (Å²) in [5, 5.41) is 10.4. The number of nitriles is 1. The average molecular weight is 357 g/mol. The first-order chi connectivity index (χ1) is 12.1. The second-order valence-electron chi connectivity index (χ2n) is 5.92. The van der Waals surface area contributed by atoms with Gasteiger partial charge in [-0.15, -0.1) is 0 Å². The van der Waals surface area contributed by atoms with Gasteiger partial charge in [0.15, 0.2) is 11.4 Å². The van der Waals surface area contributed by atoms with E-state index < -0.39 is 15.8 Å². The molecule has 10 heteroatoms. The third-order valence-electron chi connectivity index (χ3n) is 4.25. The van der Waals surface area contributed by atoms with Gasteiger partial charge < -0.3 is 9.88 Å². The van der Waals surface area contributed by atoms with Gasteiger partial charge in [0.1, 0.15) is 5.82 Å². The van der Waals surface area contributed by atoms with Gasteiger partial charge in [0.25, 0.3) is 0 Å². The van der Waals surface area contributed by atoms with E-state index in [0.29, 0.717) is 25.2 Å². The Bertz CT molecular complexity index is 1090. The van der Waals surface area contributed by atoms with Crippen LogP contribution in [-0.2, 0) is 10.0 Å². The van der Waals surface area contributed by atoms with Crippen molar-refractivity contribution in [2.75, 3.05) is 23.7 Å². The molecule has 1 unspecified atom stereocenters. The molecule has 0 bridgehead atoms. The maximum absolute atomic E-state index is 11.8. The summed E-state index contributed by atoms with van der Waals surface area (Å²) in [6.07, 6.45) is 5.68. The first kappa shape index (κ1) is 15.7. The number of anilines is 1. The molecule has 128 valence electrons. The maximum atomic E-state index is 11.8. The maximum Gasteiger partial charge on any atom is 0.225 e. The van der Waals surface area contributed by atoms with Gasteiger partial charge in [-0.2, -0.15) is 5.26 Å². The lowest BCUT2D eigenvalue weighted by Gasteiger charge is -2.19. The number of hydrogen-bond acceptors (Lipinski definition) is 7. The van der Waals surface area contributed by atoms with Crippen LogP contribution in [0.15, 0.2) is 24.8 Å². The summed E-state index contributed by atoms with van der Waals surface area (Å²) in [4.78, 5) is 18.1. The molecule has 4 heterocycles. The van der Waals surface area contributed by atoms with Crippen molar-refractivity contribution < 1.29 is 8.42 Å². The normalized spacial score (nSPS) is 18.0. The number of pyridine rings is 1. The van der Waals surface area contributed by atoms with E-state index in [1.165, 1.54) is 0 Å². The largest absolute Gasteiger partial charge is 0.354 e. The number of sulfonamides is 1. The van der Waals surface area contributed by atoms with Gasteiger partial charge in [-0.25, -0.2) is 28.1 Å². The van der Waals surface area contributed by atoms with Crippen LogP contribution in [0.4, 0.5) is 5.82 Å². The molecule has 9 nitrogen and oxygen atoms in total. The van der Waals surface area contributed by atoms with Crippen LogP contribution in [0.1, 0.15) is 6.42 Å². The van der Waals surface area contributed by atoms with Crippen molar-refractivity contribution >= 4 is 37.8 Å². The average Bonchev–Trinajstić information content (AvgIpc) is 3.22. The molecular weight excluding hydrogens is 342 g/mol. The Kier molecular flexibility index (Phi) is 3.74. The molecule has 1 atom stereocenters. The van der Waals surface area contributed by atoms with Crippen molar-refractivity contribution in [1.29, 1.82) is 5.26 Å². The monoisotopic (exact) mass is 357 g/mol. The molecule has 0 aliphatic carbocycles. The fourth-order valence-corrected chi connectivity index (χ4v) is 4.16. The summed E-state index contributed by atoms with van der Waals surface area (Å²) >= 11 is 0. The van der Waals surface area contributed by atoms with E-state index in [1.54, 1.807) is 24.8 Å². The van der Waals surface area contributed by atoms with Crippen LogP contribution in [0, 0.1) is 11.3 Å². The molecule has 0 spiro atoms. The summed E-state index contributed by atoms with van der Waals surface area (Å²) in [7, 11) is -3.57. The predicted octanol–water partition coefficient (Wildman–Crippen LogP) is 0.528. The third-order valence-corrected chi connectivity index (χ3v) is 5.45. The Morgan fingerprint density at radius 2 is 2.28 bits per heavy atom. The molecule has 0 aromatic carbocycles. The summed E-state index contributed by atoms with van der Waals surface area (Å²) in [6, 6.07) is 3.33. The van der Waals surface area contributed by atoms with Gasteiger partial charge >= 0.3 is 0 Å². The van der Waals surface area contributed by atoms with Gasteiger partial charge in [-0.3, -0.25) is 0 Å². The lowest BCUT2D eigenvalue weighted by molar-refractivity contribution is 0.564. The molecule has 3 aromatic heterocycles. The van der Waals surface area contributed by atoms with Gasteiger partial charge in [0.2, 0.25) is 10.0 Å². The van der Waals surface area contributed by atoms with E-state index in [9.17, 15) is 8.42 Å². The minimum atomic E-state index is -3.57. The molecule has 2 N–H and O–H groups in total. The number of nitrogens with one attached hydrogen (secondary N) is 2. The quantitative estimate of drug-likeness (QED) is 0.697. The minimum absolute atomic E-state index is 0.241. The van der Waals surface area contributed by atoms with E-state index in [2.05, 4.69) is 24.7 Å². The van der Waals surface area contributed by atoms with Crippen LogP contribution in [0.3, 0.4) is 0 Å². The van der Waals surface area contributed by atoms with Gasteiger partial charge in [0.05, 0.1) is 29.5 Å². The molecule has 3 aromatic rings. The summed E-state index contributed by atoms with van der Waals surface area (Å²) in [5.41, 5.74) is 1.50. The standard InChI is InChI=1S/C15H15N7O2S/c16-3-6-25(23,24)21-10-2-5-22(8-10)15-13-11-1-4-17-14(11)18-7-12(13)19-9-20-15/h1,4,7,9-10,21H,2,5-6,8H2,(H,19,20). The second kappa shape index (κ2) is 5.94. The Balaban J connectivity index is 1.67.